The molecule has 4 rings (SSSR count). The minimum atomic E-state index is 0.603. The summed E-state index contributed by atoms with van der Waals surface area (Å²) in [4.78, 5) is 8.79. The van der Waals surface area contributed by atoms with Gasteiger partial charge in [0.1, 0.15) is 0 Å². The molecule has 0 amide bonds. The lowest BCUT2D eigenvalue weighted by Crippen LogP contribution is -1.86. The maximum absolute atomic E-state index is 4.83. The molecule has 4 N–H and O–H groups in total. The number of aromatic nitrogens is 6. The molecule has 4 aromatic rings. The molecule has 0 radical (unpaired) electrons. The van der Waals surface area contributed by atoms with Crippen LogP contribution in [0.1, 0.15) is 0 Å². The second-order valence-corrected chi connectivity index (χ2v) is 4.03. The van der Waals surface area contributed by atoms with Gasteiger partial charge in [-0.05, 0) is 12.1 Å². The summed E-state index contributed by atoms with van der Waals surface area (Å²) >= 11 is 1.43. The summed E-state index contributed by atoms with van der Waals surface area (Å²) in [5.74, 6) is 0. The average molecular weight is 234 g/mol. The van der Waals surface area contributed by atoms with Gasteiger partial charge in [-0.15, -0.1) is 0 Å². The molecule has 0 bridgehead atoms. The average Bonchev–Trinajstić information content (AvgIpc) is 2.89. The van der Waals surface area contributed by atoms with Crippen LogP contribution in [0.4, 0.5) is 0 Å². The third-order valence-electron chi connectivity index (χ3n) is 2.42. The van der Waals surface area contributed by atoms with Crippen molar-refractivity contribution in [2.45, 2.75) is 0 Å². The zero-order valence-corrected chi connectivity index (χ0v) is 8.68. The zero-order chi connectivity index (χ0) is 10.5. The van der Waals surface area contributed by atoms with Crippen molar-refractivity contribution >= 4 is 45.1 Å². The van der Waals surface area contributed by atoms with E-state index in [0.29, 0.717) is 11.3 Å². The molecule has 0 fully saturated rings. The lowest BCUT2D eigenvalue weighted by Gasteiger charge is -1.95. The number of rotatable bonds is 0. The molecule has 0 spiro atoms. The summed E-state index contributed by atoms with van der Waals surface area (Å²) in [5, 5.41) is 5.27. The Morgan fingerprint density at radius 3 is 2.06 bits per heavy atom. The second-order valence-electron chi connectivity index (χ2n) is 3.42. The summed E-state index contributed by atoms with van der Waals surface area (Å²) < 4.78 is 11.1. The van der Waals surface area contributed by atoms with Crippen LogP contribution in [0.3, 0.4) is 0 Å². The fourth-order valence-electron chi connectivity index (χ4n) is 1.67. The molecule has 0 saturated heterocycles. The first kappa shape index (κ1) is 7.99. The number of H-pyrrole nitrogens is 4. The van der Waals surface area contributed by atoms with E-state index in [-0.39, 0.29) is 0 Å². The molecule has 0 unspecified atom stereocenters. The number of nitrogens with one attached hydrogen (secondary N) is 4. The summed E-state index contributed by atoms with van der Waals surface area (Å²) in [6.07, 6.45) is 0. The predicted octanol–water partition coefficient (Wildman–Crippen LogP) is 2.03. The minimum Gasteiger partial charge on any atom is -0.295 e. The van der Waals surface area contributed by atoms with Gasteiger partial charge in [-0.1, -0.05) is 0 Å². The summed E-state index contributed by atoms with van der Waals surface area (Å²) in [7, 11) is 0. The molecule has 16 heavy (non-hydrogen) atoms. The highest BCUT2D eigenvalue weighted by atomic mass is 32.1. The monoisotopic (exact) mass is 234 g/mol. The third kappa shape index (κ3) is 0.959. The number of benzene rings is 1. The Balaban J connectivity index is 2.26. The number of nitrogens with zero attached hydrogens (tertiary/aromatic N) is 2. The van der Waals surface area contributed by atoms with E-state index in [4.69, 9.17) is 4.63 Å². The molecule has 80 valence electrons. The first-order valence-corrected chi connectivity index (χ1v) is 5.43. The molecule has 3 heterocycles. The normalized spacial score (nSPS) is 11.8. The quantitative estimate of drug-likeness (QED) is 0.374. The zero-order valence-electron chi connectivity index (χ0n) is 7.87. The molecule has 7 nitrogen and oxygen atoms in total. The van der Waals surface area contributed by atoms with Crippen LogP contribution < -0.4 is 0 Å². The van der Waals surface area contributed by atoms with E-state index in [1.165, 1.54) is 11.7 Å². The highest BCUT2D eigenvalue weighted by Crippen LogP contribution is 2.19. The van der Waals surface area contributed by atoms with E-state index < -0.39 is 0 Å². The minimum absolute atomic E-state index is 0.603. The first-order valence-electron chi connectivity index (χ1n) is 4.62. The van der Waals surface area contributed by atoms with Crippen molar-refractivity contribution in [3.63, 3.8) is 0 Å². The van der Waals surface area contributed by atoms with Crippen LogP contribution in [0.5, 0.6) is 0 Å². The Bertz CT molecular complexity index is 691. The maximum atomic E-state index is 4.83. The van der Waals surface area contributed by atoms with Crippen molar-refractivity contribution in [1.82, 2.24) is 29.0 Å². The highest BCUT2D eigenvalue weighted by molar-refractivity contribution is 7.00. The molecule has 0 aliphatic carbocycles. The Morgan fingerprint density at radius 1 is 0.938 bits per heavy atom. The first-order chi connectivity index (χ1) is 7.90. The molecule has 0 aliphatic rings. The van der Waals surface area contributed by atoms with Gasteiger partial charge in [-0.25, -0.2) is 9.97 Å². The Morgan fingerprint density at radius 2 is 1.50 bits per heavy atom. The second kappa shape index (κ2) is 2.67. The summed E-state index contributed by atoms with van der Waals surface area (Å²) in [6, 6.07) is 3.90. The number of hydrogen-bond donors (Lipinski definition) is 4. The van der Waals surface area contributed by atoms with E-state index >= 15 is 0 Å². The topological polar surface area (TPSA) is 102 Å². The van der Waals surface area contributed by atoms with E-state index in [1.807, 2.05) is 12.1 Å². The van der Waals surface area contributed by atoms with Gasteiger partial charge < -0.3 is 0 Å². The van der Waals surface area contributed by atoms with Crippen LogP contribution >= 0.6 is 11.7 Å². The standard InChI is InChI=1S/C8H6N6OS/c1-3-4(2-6-5(1)13-16-14-6)10-8-7(9-3)11-15-12-8/h1-2,13-14H,(H,9,11)(H,10,12). The van der Waals surface area contributed by atoms with Crippen molar-refractivity contribution in [3.8, 4) is 0 Å². The summed E-state index contributed by atoms with van der Waals surface area (Å²) in [6.45, 7) is 0. The lowest BCUT2D eigenvalue weighted by molar-refractivity contribution is 0.314. The van der Waals surface area contributed by atoms with Crippen molar-refractivity contribution in [2.75, 3.05) is 0 Å². The Kier molecular flexibility index (Phi) is 1.33. The highest BCUT2D eigenvalue weighted by Gasteiger charge is 2.05. The largest absolute Gasteiger partial charge is 0.295 e. The van der Waals surface area contributed by atoms with Crippen molar-refractivity contribution in [1.29, 1.82) is 0 Å². The number of fused-ring (bicyclic) bond motifs is 3. The van der Waals surface area contributed by atoms with Gasteiger partial charge in [-0.3, -0.25) is 13.4 Å². The fourth-order valence-corrected chi connectivity index (χ4v) is 2.28. The van der Waals surface area contributed by atoms with E-state index in [2.05, 4.69) is 29.0 Å². The third-order valence-corrected chi connectivity index (χ3v) is 3.06. The van der Waals surface area contributed by atoms with Gasteiger partial charge in [0.25, 0.3) is 0 Å². The van der Waals surface area contributed by atoms with Gasteiger partial charge in [0.2, 0.25) is 11.3 Å². The summed E-state index contributed by atoms with van der Waals surface area (Å²) in [5.41, 5.74) is 4.86. The van der Waals surface area contributed by atoms with Crippen LogP contribution in [0.15, 0.2) is 16.8 Å². The van der Waals surface area contributed by atoms with E-state index in [0.717, 1.165) is 22.1 Å². The SMILES string of the molecule is c1c2nc3[nH]o[nH]c3nc2cc2[nH]s[nH]c12. The molecular weight excluding hydrogens is 228 g/mol. The van der Waals surface area contributed by atoms with Crippen LogP contribution in [-0.4, -0.2) is 29.0 Å². The molecular formula is C8H6N6OS. The Hall–Kier alpha value is -2.22. The van der Waals surface area contributed by atoms with E-state index in [9.17, 15) is 0 Å². The van der Waals surface area contributed by atoms with Crippen LogP contribution in [-0.2, 0) is 0 Å². The van der Waals surface area contributed by atoms with Gasteiger partial charge in [0.15, 0.2) is 0 Å². The predicted molar refractivity (Wildman–Crippen MR) is 59.7 cm³/mol. The fraction of sp³-hybridized carbons (Fsp3) is 0. The lowest BCUT2D eigenvalue weighted by atomic mass is 10.2. The van der Waals surface area contributed by atoms with Gasteiger partial charge in [0, 0.05) is 11.7 Å². The van der Waals surface area contributed by atoms with E-state index in [1.54, 1.807) is 0 Å². The maximum Gasteiger partial charge on any atom is 0.209 e. The molecule has 0 saturated carbocycles. The van der Waals surface area contributed by atoms with Crippen LogP contribution in [0.25, 0.3) is 33.4 Å². The van der Waals surface area contributed by atoms with Crippen molar-refractivity contribution < 1.29 is 4.63 Å². The molecule has 0 aliphatic heterocycles. The van der Waals surface area contributed by atoms with Crippen molar-refractivity contribution in [2.24, 2.45) is 0 Å². The van der Waals surface area contributed by atoms with Gasteiger partial charge in [-0.2, -0.15) is 10.3 Å². The molecule has 8 heteroatoms. The van der Waals surface area contributed by atoms with Gasteiger partial charge >= 0.3 is 0 Å². The van der Waals surface area contributed by atoms with Gasteiger partial charge in [0.05, 0.1) is 22.1 Å². The molecule has 1 aromatic carbocycles. The smallest absolute Gasteiger partial charge is 0.209 e. The van der Waals surface area contributed by atoms with Crippen LogP contribution in [0.2, 0.25) is 0 Å². The van der Waals surface area contributed by atoms with Crippen LogP contribution in [0, 0.1) is 0 Å². The number of hydrogen-bond acceptors (Lipinski definition) is 4. The molecule has 0 atom stereocenters. The van der Waals surface area contributed by atoms with Crippen molar-refractivity contribution in [3.05, 3.63) is 12.1 Å². The number of aromatic amines is 4. The Labute approximate surface area is 91.4 Å². The molecule has 3 aromatic heterocycles.